The number of nitrogens with two attached hydrogens (primary N) is 1. The van der Waals surface area contributed by atoms with Gasteiger partial charge in [-0.25, -0.2) is 0 Å². The lowest BCUT2D eigenvalue weighted by Gasteiger charge is -2.20. The maximum Gasteiger partial charge on any atom is 0.152 e. The molecule has 16 heavy (non-hydrogen) atoms. The van der Waals surface area contributed by atoms with Crippen molar-refractivity contribution in [3.05, 3.63) is 53.6 Å². The van der Waals surface area contributed by atoms with Gasteiger partial charge in [0.2, 0.25) is 0 Å². The van der Waals surface area contributed by atoms with Gasteiger partial charge in [0.05, 0.1) is 0 Å². The summed E-state index contributed by atoms with van der Waals surface area (Å²) in [4.78, 5) is 10.3. The molecule has 2 rings (SSSR count). The van der Waals surface area contributed by atoms with Gasteiger partial charge in [0, 0.05) is 24.1 Å². The highest BCUT2D eigenvalue weighted by atomic mass is 16.6. The molecular formula is C11H13N3O2. The Kier molecular flexibility index (Phi) is 4.59. The van der Waals surface area contributed by atoms with Crippen molar-refractivity contribution in [2.45, 2.75) is 0 Å². The molecule has 0 fully saturated rings. The van der Waals surface area contributed by atoms with Crippen molar-refractivity contribution in [2.24, 2.45) is 5.34 Å². The summed E-state index contributed by atoms with van der Waals surface area (Å²) in [6.45, 7) is 0.931. The number of nitrogens with zero attached hydrogens (tertiary/aromatic N) is 2. The Morgan fingerprint density at radius 2 is 1.88 bits per heavy atom. The average Bonchev–Trinajstić information content (AvgIpc) is 2.32. The molecule has 1 aliphatic heterocycles. The fraction of sp³-hybridized carbons (Fsp3) is 0.0909. The van der Waals surface area contributed by atoms with Crippen LogP contribution < -0.4 is 10.6 Å². The largest absolute Gasteiger partial charge is 0.399 e. The summed E-state index contributed by atoms with van der Waals surface area (Å²) in [7, 11) is 0. The molecule has 1 heterocycles. The summed E-state index contributed by atoms with van der Waals surface area (Å²) in [5, 5.41) is 7.89. The normalized spacial score (nSPS) is 12.9. The van der Waals surface area contributed by atoms with E-state index in [1.807, 2.05) is 36.4 Å². The van der Waals surface area contributed by atoms with Gasteiger partial charge >= 0.3 is 0 Å². The van der Waals surface area contributed by atoms with E-state index in [1.54, 1.807) is 0 Å². The van der Waals surface area contributed by atoms with Crippen LogP contribution in [0.25, 0.3) is 0 Å². The first-order valence-corrected chi connectivity index (χ1v) is 4.70. The second kappa shape index (κ2) is 6.23. The van der Waals surface area contributed by atoms with Crippen LogP contribution in [0.5, 0.6) is 0 Å². The number of nitrogen functional groups attached to an aromatic ring is 1. The van der Waals surface area contributed by atoms with Crippen LogP contribution in [0.2, 0.25) is 0 Å². The molecule has 84 valence electrons. The quantitative estimate of drug-likeness (QED) is 0.431. The van der Waals surface area contributed by atoms with Crippen LogP contribution in [-0.2, 0) is 0 Å². The fourth-order valence-corrected chi connectivity index (χ4v) is 1.32. The third-order valence-corrected chi connectivity index (χ3v) is 2.04. The second-order valence-electron chi connectivity index (χ2n) is 3.10. The van der Waals surface area contributed by atoms with Gasteiger partial charge in [-0.15, -0.1) is 4.91 Å². The van der Waals surface area contributed by atoms with Gasteiger partial charge < -0.3 is 15.8 Å². The molecule has 0 saturated carbocycles. The van der Waals surface area contributed by atoms with Crippen molar-refractivity contribution in [2.75, 3.05) is 17.2 Å². The van der Waals surface area contributed by atoms with Gasteiger partial charge in [0.15, 0.2) is 5.34 Å². The molecule has 0 amide bonds. The van der Waals surface area contributed by atoms with Crippen molar-refractivity contribution >= 4 is 11.4 Å². The molecule has 5 heteroatoms. The van der Waals surface area contributed by atoms with Crippen LogP contribution in [0.15, 0.2) is 54.0 Å². The number of anilines is 2. The van der Waals surface area contributed by atoms with Crippen LogP contribution in [0.3, 0.4) is 0 Å². The van der Waals surface area contributed by atoms with E-state index in [0.717, 1.165) is 12.2 Å². The summed E-state index contributed by atoms with van der Waals surface area (Å²) < 4.78 is 0. The molecule has 1 aliphatic rings. The zero-order valence-electron chi connectivity index (χ0n) is 8.65. The minimum atomic E-state index is 0.806. The number of benzene rings is 1. The Morgan fingerprint density at radius 3 is 2.38 bits per heavy atom. The third kappa shape index (κ3) is 3.45. The molecular weight excluding hydrogens is 206 g/mol. The number of allylic oxidation sites excluding steroid dienone is 2. The third-order valence-electron chi connectivity index (χ3n) is 2.04. The molecule has 5 nitrogen and oxygen atoms in total. The van der Waals surface area contributed by atoms with Gasteiger partial charge in [-0.05, 0) is 30.3 Å². The number of hydrogen-bond donors (Lipinski definition) is 2. The van der Waals surface area contributed by atoms with Gasteiger partial charge in [0.25, 0.3) is 0 Å². The zero-order chi connectivity index (χ0) is 11.8. The standard InChI is InChI=1S/C11H12N2.HNO2/c12-10-4-6-11(7-5-10)13-8-2-1-3-9-13;2-1-3/h1-8H,9,12H2;(H,2,3). The van der Waals surface area contributed by atoms with Crippen LogP contribution in [0.1, 0.15) is 0 Å². The van der Waals surface area contributed by atoms with Crippen LogP contribution in [-0.4, -0.2) is 11.8 Å². The van der Waals surface area contributed by atoms with Crippen molar-refractivity contribution in [1.29, 1.82) is 0 Å². The molecule has 0 spiro atoms. The number of rotatable bonds is 1. The Labute approximate surface area is 93.4 Å². The maximum atomic E-state index is 8.11. The number of hydrogen-bond acceptors (Lipinski definition) is 4. The summed E-state index contributed by atoms with van der Waals surface area (Å²) in [6, 6.07) is 7.89. The van der Waals surface area contributed by atoms with Crippen LogP contribution in [0, 0.1) is 4.91 Å². The second-order valence-corrected chi connectivity index (χ2v) is 3.10. The minimum absolute atomic E-state index is 0.806. The molecule has 0 atom stereocenters. The Balaban J connectivity index is 0.000000386. The predicted molar refractivity (Wildman–Crippen MR) is 64.1 cm³/mol. The van der Waals surface area contributed by atoms with Crippen molar-refractivity contribution in [3.8, 4) is 0 Å². The molecule has 0 saturated heterocycles. The highest BCUT2D eigenvalue weighted by Gasteiger charge is 2.01. The summed E-state index contributed by atoms with van der Waals surface area (Å²) >= 11 is 0. The fourth-order valence-electron chi connectivity index (χ4n) is 1.32. The lowest BCUT2D eigenvalue weighted by Crippen LogP contribution is -2.17. The molecule has 0 unspecified atom stereocenters. The van der Waals surface area contributed by atoms with E-state index in [4.69, 9.17) is 15.8 Å². The van der Waals surface area contributed by atoms with Gasteiger partial charge in [-0.2, -0.15) is 0 Å². The molecule has 1 aromatic rings. The monoisotopic (exact) mass is 219 g/mol. The van der Waals surface area contributed by atoms with E-state index in [0.29, 0.717) is 0 Å². The zero-order valence-corrected chi connectivity index (χ0v) is 8.65. The van der Waals surface area contributed by atoms with Crippen molar-refractivity contribution < 1.29 is 5.21 Å². The molecule has 0 aromatic heterocycles. The van der Waals surface area contributed by atoms with E-state index in [1.165, 1.54) is 11.0 Å². The summed E-state index contributed by atoms with van der Waals surface area (Å²) in [5.41, 5.74) is 7.59. The van der Waals surface area contributed by atoms with E-state index >= 15 is 0 Å². The Hall–Kier alpha value is -2.30. The maximum absolute atomic E-state index is 8.11. The van der Waals surface area contributed by atoms with Gasteiger partial charge in [0.1, 0.15) is 0 Å². The van der Waals surface area contributed by atoms with Crippen LogP contribution >= 0.6 is 0 Å². The lowest BCUT2D eigenvalue weighted by atomic mass is 10.2. The Morgan fingerprint density at radius 1 is 1.25 bits per heavy atom. The highest BCUT2D eigenvalue weighted by Crippen LogP contribution is 2.17. The topological polar surface area (TPSA) is 78.9 Å². The van der Waals surface area contributed by atoms with Gasteiger partial charge in [-0.1, -0.05) is 12.2 Å². The minimum Gasteiger partial charge on any atom is -0.399 e. The summed E-state index contributed by atoms with van der Waals surface area (Å²) in [5.74, 6) is 0. The predicted octanol–water partition coefficient (Wildman–Crippen LogP) is 2.30. The van der Waals surface area contributed by atoms with E-state index in [9.17, 15) is 0 Å². The van der Waals surface area contributed by atoms with Crippen molar-refractivity contribution in [3.63, 3.8) is 0 Å². The smallest absolute Gasteiger partial charge is 0.152 e. The first kappa shape index (κ1) is 11.8. The first-order chi connectivity index (χ1) is 7.77. The van der Waals surface area contributed by atoms with E-state index in [-0.39, 0.29) is 0 Å². The first-order valence-electron chi connectivity index (χ1n) is 4.70. The Bertz CT molecular complexity index is 385. The molecule has 0 bridgehead atoms. The SMILES string of the molecule is Nc1ccc(N2C=CC=CC2)cc1.O=NO. The average molecular weight is 219 g/mol. The molecule has 3 N–H and O–H groups in total. The highest BCUT2D eigenvalue weighted by molar-refractivity contribution is 5.56. The van der Waals surface area contributed by atoms with Crippen molar-refractivity contribution in [1.82, 2.24) is 0 Å². The van der Waals surface area contributed by atoms with Crippen LogP contribution in [0.4, 0.5) is 11.4 Å². The molecule has 1 aromatic carbocycles. The summed E-state index contributed by atoms with van der Waals surface area (Å²) in [6.07, 6.45) is 8.26. The molecule has 0 radical (unpaired) electrons. The molecule has 0 aliphatic carbocycles. The van der Waals surface area contributed by atoms with Gasteiger partial charge in [-0.3, -0.25) is 0 Å². The van der Waals surface area contributed by atoms with E-state index in [2.05, 4.69) is 17.2 Å². The lowest BCUT2D eigenvalue weighted by molar-refractivity contribution is 0.312. The van der Waals surface area contributed by atoms with E-state index < -0.39 is 0 Å².